The van der Waals surface area contributed by atoms with Crippen LogP contribution in [-0.2, 0) is 13.1 Å². The predicted molar refractivity (Wildman–Crippen MR) is 99.4 cm³/mol. The first kappa shape index (κ1) is 17.1. The third kappa shape index (κ3) is 3.83. The standard InChI is InChI=1S/C20H27N5O2/c26-19-7-6-17(15-4-5-15)22-25(19)12-14-8-10-24(11-9-14)13-18-21-20(27-23-18)16-2-1-3-16/h6-7,14-16H,1-5,8-13H2. The Bertz CT molecular complexity index is 844. The highest BCUT2D eigenvalue weighted by molar-refractivity contribution is 5.12. The van der Waals surface area contributed by atoms with Crippen LogP contribution in [0, 0.1) is 5.92 Å². The van der Waals surface area contributed by atoms with E-state index in [4.69, 9.17) is 4.52 Å². The van der Waals surface area contributed by atoms with Gasteiger partial charge in [0.05, 0.1) is 12.2 Å². The van der Waals surface area contributed by atoms with Crippen LogP contribution >= 0.6 is 0 Å². The van der Waals surface area contributed by atoms with E-state index in [9.17, 15) is 4.79 Å². The molecule has 0 atom stereocenters. The van der Waals surface area contributed by atoms with Gasteiger partial charge in [0.2, 0.25) is 5.89 Å². The highest BCUT2D eigenvalue weighted by Crippen LogP contribution is 2.38. The fourth-order valence-corrected chi connectivity index (χ4v) is 4.12. The van der Waals surface area contributed by atoms with Gasteiger partial charge in [0, 0.05) is 24.4 Å². The fraction of sp³-hybridized carbons (Fsp3) is 0.700. The molecule has 7 heteroatoms. The maximum atomic E-state index is 12.1. The van der Waals surface area contributed by atoms with Crippen molar-refractivity contribution in [1.82, 2.24) is 24.8 Å². The minimum atomic E-state index is 0.0251. The van der Waals surface area contributed by atoms with Gasteiger partial charge in [0.1, 0.15) is 0 Å². The average Bonchev–Trinajstić information content (AvgIpc) is 3.38. The van der Waals surface area contributed by atoms with Crippen LogP contribution in [-0.4, -0.2) is 37.9 Å². The van der Waals surface area contributed by atoms with E-state index in [0.29, 0.717) is 17.8 Å². The van der Waals surface area contributed by atoms with Crippen LogP contribution in [0.15, 0.2) is 21.5 Å². The fourth-order valence-electron chi connectivity index (χ4n) is 4.12. The molecule has 0 spiro atoms. The van der Waals surface area contributed by atoms with Gasteiger partial charge in [-0.1, -0.05) is 11.6 Å². The first-order valence-electron chi connectivity index (χ1n) is 10.4. The van der Waals surface area contributed by atoms with Crippen molar-refractivity contribution in [3.8, 4) is 0 Å². The summed E-state index contributed by atoms with van der Waals surface area (Å²) in [4.78, 5) is 19.1. The molecule has 1 aliphatic heterocycles. The Morgan fingerprint density at radius 1 is 1.04 bits per heavy atom. The lowest BCUT2D eigenvalue weighted by atomic mass is 9.85. The molecule has 3 aliphatic rings. The third-order valence-corrected chi connectivity index (χ3v) is 6.32. The van der Waals surface area contributed by atoms with E-state index in [2.05, 4.69) is 20.1 Å². The second kappa shape index (κ2) is 7.19. The van der Waals surface area contributed by atoms with Gasteiger partial charge in [-0.2, -0.15) is 10.1 Å². The molecule has 0 radical (unpaired) electrons. The van der Waals surface area contributed by atoms with Gasteiger partial charge in [-0.25, -0.2) is 4.68 Å². The van der Waals surface area contributed by atoms with Crippen molar-refractivity contribution in [2.45, 2.75) is 69.9 Å². The van der Waals surface area contributed by atoms with E-state index < -0.39 is 0 Å². The molecule has 2 aliphatic carbocycles. The zero-order chi connectivity index (χ0) is 18.2. The molecule has 144 valence electrons. The molecule has 7 nitrogen and oxygen atoms in total. The van der Waals surface area contributed by atoms with E-state index >= 15 is 0 Å². The van der Waals surface area contributed by atoms with Crippen molar-refractivity contribution in [3.05, 3.63) is 39.9 Å². The molecule has 0 amide bonds. The smallest absolute Gasteiger partial charge is 0.266 e. The van der Waals surface area contributed by atoms with Crippen LogP contribution in [0.4, 0.5) is 0 Å². The van der Waals surface area contributed by atoms with E-state index in [1.54, 1.807) is 10.7 Å². The topological polar surface area (TPSA) is 77.0 Å². The quantitative estimate of drug-likeness (QED) is 0.779. The number of hydrogen-bond donors (Lipinski definition) is 0. The van der Waals surface area contributed by atoms with Crippen LogP contribution < -0.4 is 5.56 Å². The SMILES string of the molecule is O=c1ccc(C2CC2)nn1CC1CCN(Cc2noc(C3CCC3)n2)CC1. The van der Waals surface area contributed by atoms with Gasteiger partial charge in [0.25, 0.3) is 5.56 Å². The molecule has 2 aromatic rings. The average molecular weight is 369 g/mol. The van der Waals surface area contributed by atoms with Crippen molar-refractivity contribution in [3.63, 3.8) is 0 Å². The first-order chi connectivity index (χ1) is 13.2. The summed E-state index contributed by atoms with van der Waals surface area (Å²) in [6.07, 6.45) is 8.22. The monoisotopic (exact) mass is 369 g/mol. The molecule has 0 aromatic carbocycles. The van der Waals surface area contributed by atoms with Gasteiger partial charge < -0.3 is 4.52 Å². The predicted octanol–water partition coefficient (Wildman–Crippen LogP) is 2.68. The lowest BCUT2D eigenvalue weighted by molar-refractivity contribution is 0.159. The summed E-state index contributed by atoms with van der Waals surface area (Å²) in [5.41, 5.74) is 1.11. The van der Waals surface area contributed by atoms with E-state index in [0.717, 1.165) is 56.4 Å². The molecule has 2 saturated carbocycles. The summed E-state index contributed by atoms with van der Waals surface area (Å²) in [5.74, 6) is 3.22. The highest BCUT2D eigenvalue weighted by Gasteiger charge is 2.28. The van der Waals surface area contributed by atoms with Crippen LogP contribution in [0.2, 0.25) is 0 Å². The molecular formula is C20H27N5O2. The second-order valence-electron chi connectivity index (χ2n) is 8.45. The number of aromatic nitrogens is 4. The van der Waals surface area contributed by atoms with Gasteiger partial charge in [-0.15, -0.1) is 0 Å². The van der Waals surface area contributed by atoms with Crippen LogP contribution in [0.25, 0.3) is 0 Å². The Kier molecular flexibility index (Phi) is 4.55. The number of likely N-dealkylation sites (tertiary alicyclic amines) is 1. The van der Waals surface area contributed by atoms with Gasteiger partial charge >= 0.3 is 0 Å². The lowest BCUT2D eigenvalue weighted by Crippen LogP contribution is -2.36. The number of nitrogens with zero attached hydrogens (tertiary/aromatic N) is 5. The summed E-state index contributed by atoms with van der Waals surface area (Å²) in [5, 5.41) is 8.77. The number of piperidine rings is 1. The molecule has 2 aromatic heterocycles. The maximum Gasteiger partial charge on any atom is 0.266 e. The molecular weight excluding hydrogens is 342 g/mol. The number of rotatable bonds is 6. The van der Waals surface area contributed by atoms with Crippen molar-refractivity contribution >= 4 is 0 Å². The van der Waals surface area contributed by atoms with Gasteiger partial charge in [-0.05, 0) is 63.6 Å². The van der Waals surface area contributed by atoms with Crippen LogP contribution in [0.3, 0.4) is 0 Å². The Hall–Kier alpha value is -2.02. The van der Waals surface area contributed by atoms with Crippen molar-refractivity contribution in [2.24, 2.45) is 5.92 Å². The van der Waals surface area contributed by atoms with Gasteiger partial charge in [-0.3, -0.25) is 9.69 Å². The Morgan fingerprint density at radius 2 is 1.85 bits per heavy atom. The minimum Gasteiger partial charge on any atom is -0.339 e. The largest absolute Gasteiger partial charge is 0.339 e. The Balaban J connectivity index is 1.14. The summed E-state index contributed by atoms with van der Waals surface area (Å²) in [7, 11) is 0. The van der Waals surface area contributed by atoms with Crippen LogP contribution in [0.5, 0.6) is 0 Å². The first-order valence-corrected chi connectivity index (χ1v) is 10.4. The molecule has 1 saturated heterocycles. The summed E-state index contributed by atoms with van der Waals surface area (Å²) in [6, 6.07) is 3.59. The zero-order valence-electron chi connectivity index (χ0n) is 15.7. The number of hydrogen-bond acceptors (Lipinski definition) is 6. The summed E-state index contributed by atoms with van der Waals surface area (Å²) in [6.45, 7) is 3.52. The summed E-state index contributed by atoms with van der Waals surface area (Å²) >= 11 is 0. The van der Waals surface area contributed by atoms with Crippen molar-refractivity contribution < 1.29 is 4.52 Å². The Morgan fingerprint density at radius 3 is 2.56 bits per heavy atom. The third-order valence-electron chi connectivity index (χ3n) is 6.32. The highest BCUT2D eigenvalue weighted by atomic mass is 16.5. The summed E-state index contributed by atoms with van der Waals surface area (Å²) < 4.78 is 7.12. The van der Waals surface area contributed by atoms with Crippen molar-refractivity contribution in [1.29, 1.82) is 0 Å². The molecule has 0 N–H and O–H groups in total. The van der Waals surface area contributed by atoms with Gasteiger partial charge in [0.15, 0.2) is 5.82 Å². The molecule has 3 heterocycles. The zero-order valence-corrected chi connectivity index (χ0v) is 15.7. The van der Waals surface area contributed by atoms with E-state index in [1.807, 2.05) is 6.07 Å². The maximum absolute atomic E-state index is 12.1. The molecule has 0 bridgehead atoms. The lowest BCUT2D eigenvalue weighted by Gasteiger charge is -2.31. The minimum absolute atomic E-state index is 0.0251. The molecule has 0 unspecified atom stereocenters. The van der Waals surface area contributed by atoms with Crippen LogP contribution in [0.1, 0.15) is 74.2 Å². The molecule has 3 fully saturated rings. The van der Waals surface area contributed by atoms with E-state index in [1.165, 1.54) is 32.1 Å². The van der Waals surface area contributed by atoms with Crippen molar-refractivity contribution in [2.75, 3.05) is 13.1 Å². The van der Waals surface area contributed by atoms with E-state index in [-0.39, 0.29) is 5.56 Å². The normalized spacial score (nSPS) is 22.1. The second-order valence-corrected chi connectivity index (χ2v) is 8.45. The molecule has 27 heavy (non-hydrogen) atoms. The Labute approximate surface area is 158 Å². The molecule has 5 rings (SSSR count).